The summed E-state index contributed by atoms with van der Waals surface area (Å²) >= 11 is 3.50. The van der Waals surface area contributed by atoms with Crippen LogP contribution in [0, 0.1) is 5.92 Å². The van der Waals surface area contributed by atoms with E-state index in [-0.39, 0.29) is 6.04 Å². The first-order valence-corrected chi connectivity index (χ1v) is 6.61. The van der Waals surface area contributed by atoms with Gasteiger partial charge in [-0.3, -0.25) is 0 Å². The average Bonchev–Trinajstić information content (AvgIpc) is 2.52. The molecule has 1 aromatic rings. The Labute approximate surface area is 87.9 Å². The van der Waals surface area contributed by atoms with Gasteiger partial charge in [-0.15, -0.1) is 11.3 Å². The van der Waals surface area contributed by atoms with E-state index >= 15 is 0 Å². The fraction of sp³-hybridized carbons (Fsp3) is 0.667. The molecule has 0 aliphatic heterocycles. The van der Waals surface area contributed by atoms with Crippen LogP contribution in [-0.4, -0.2) is 11.2 Å². The van der Waals surface area contributed by atoms with E-state index in [1.807, 2.05) is 0 Å². The van der Waals surface area contributed by atoms with E-state index in [0.29, 0.717) is 5.92 Å². The van der Waals surface area contributed by atoms with E-state index < -0.39 is 0 Å². The molecular formula is C9H16N2S2. The third-order valence-electron chi connectivity index (χ3n) is 1.90. The van der Waals surface area contributed by atoms with Gasteiger partial charge in [0.2, 0.25) is 0 Å². The van der Waals surface area contributed by atoms with E-state index in [1.165, 1.54) is 5.01 Å². The van der Waals surface area contributed by atoms with Gasteiger partial charge in [-0.25, -0.2) is 4.98 Å². The molecule has 1 aromatic heterocycles. The summed E-state index contributed by atoms with van der Waals surface area (Å²) in [5.41, 5.74) is 7.03. The molecule has 13 heavy (non-hydrogen) atoms. The number of thiazole rings is 1. The zero-order valence-electron chi connectivity index (χ0n) is 8.28. The average molecular weight is 216 g/mol. The maximum absolute atomic E-state index is 5.98. The van der Waals surface area contributed by atoms with Gasteiger partial charge in [0, 0.05) is 11.1 Å². The summed E-state index contributed by atoms with van der Waals surface area (Å²) in [5.74, 6) is 1.46. The lowest BCUT2D eigenvalue weighted by molar-refractivity contribution is 0.504. The van der Waals surface area contributed by atoms with Crippen LogP contribution in [-0.2, 0) is 5.75 Å². The highest BCUT2D eigenvalue weighted by molar-refractivity contribution is 7.97. The summed E-state index contributed by atoms with van der Waals surface area (Å²) in [6.07, 6.45) is 2.09. The summed E-state index contributed by atoms with van der Waals surface area (Å²) < 4.78 is 0. The van der Waals surface area contributed by atoms with Crippen molar-refractivity contribution in [2.75, 3.05) is 6.26 Å². The van der Waals surface area contributed by atoms with Crippen molar-refractivity contribution < 1.29 is 0 Å². The second-order valence-corrected chi connectivity index (χ2v) is 5.18. The molecule has 2 N–H and O–H groups in total. The minimum absolute atomic E-state index is 0.0897. The van der Waals surface area contributed by atoms with Crippen LogP contribution in [0.5, 0.6) is 0 Å². The first-order valence-electron chi connectivity index (χ1n) is 4.34. The van der Waals surface area contributed by atoms with Crippen LogP contribution < -0.4 is 5.73 Å². The van der Waals surface area contributed by atoms with Crippen LogP contribution in [0.1, 0.15) is 30.6 Å². The molecule has 0 saturated carbocycles. The molecule has 0 aromatic carbocycles. The standard InChI is InChI=1S/C9H16N2S2/c1-6(2)9(10)7-4-13-8(11-7)5-12-3/h4,6,9H,5,10H2,1-3H3. The molecule has 0 radical (unpaired) electrons. The molecule has 1 rings (SSSR count). The lowest BCUT2D eigenvalue weighted by atomic mass is 10.0. The van der Waals surface area contributed by atoms with Gasteiger partial charge >= 0.3 is 0 Å². The molecule has 4 heteroatoms. The maximum Gasteiger partial charge on any atom is 0.103 e. The van der Waals surface area contributed by atoms with Crippen LogP contribution >= 0.6 is 23.1 Å². The molecule has 0 amide bonds. The smallest absolute Gasteiger partial charge is 0.103 e. The lowest BCUT2D eigenvalue weighted by Crippen LogP contribution is -2.16. The Morgan fingerprint density at radius 3 is 2.85 bits per heavy atom. The minimum atomic E-state index is 0.0897. The van der Waals surface area contributed by atoms with Gasteiger partial charge in [0.05, 0.1) is 11.7 Å². The summed E-state index contributed by atoms with van der Waals surface area (Å²) in [7, 11) is 0. The highest BCUT2D eigenvalue weighted by Crippen LogP contribution is 2.22. The fourth-order valence-electron chi connectivity index (χ4n) is 1.01. The first-order chi connectivity index (χ1) is 6.15. The van der Waals surface area contributed by atoms with E-state index in [0.717, 1.165) is 11.4 Å². The Morgan fingerprint density at radius 1 is 1.62 bits per heavy atom. The normalized spacial score (nSPS) is 13.6. The SMILES string of the molecule is CSCc1nc(C(N)C(C)C)cs1. The first kappa shape index (κ1) is 11.0. The van der Waals surface area contributed by atoms with Gasteiger partial charge < -0.3 is 5.73 Å². The Balaban J connectivity index is 2.67. The zero-order valence-corrected chi connectivity index (χ0v) is 9.91. The Kier molecular flexibility index (Phi) is 4.22. The van der Waals surface area contributed by atoms with Crippen LogP contribution in [0.4, 0.5) is 0 Å². The predicted octanol–water partition coefficient (Wildman–Crippen LogP) is 2.66. The van der Waals surface area contributed by atoms with Crippen LogP contribution in [0.25, 0.3) is 0 Å². The topological polar surface area (TPSA) is 38.9 Å². The Bertz CT molecular complexity index is 258. The molecule has 2 nitrogen and oxygen atoms in total. The molecule has 74 valence electrons. The maximum atomic E-state index is 5.98. The monoisotopic (exact) mass is 216 g/mol. The van der Waals surface area contributed by atoms with Crippen molar-refractivity contribution in [3.05, 3.63) is 16.1 Å². The van der Waals surface area contributed by atoms with Gasteiger partial charge in [-0.05, 0) is 12.2 Å². The summed E-state index contributed by atoms with van der Waals surface area (Å²) in [4.78, 5) is 4.49. The Hall–Kier alpha value is -0.0600. The van der Waals surface area contributed by atoms with Crippen molar-refractivity contribution in [2.24, 2.45) is 11.7 Å². The van der Waals surface area contributed by atoms with Crippen molar-refractivity contribution in [2.45, 2.75) is 25.6 Å². The van der Waals surface area contributed by atoms with Crippen molar-refractivity contribution in [3.63, 3.8) is 0 Å². The van der Waals surface area contributed by atoms with Gasteiger partial charge in [0.1, 0.15) is 5.01 Å². The molecule has 0 aliphatic carbocycles. The van der Waals surface area contributed by atoms with Gasteiger partial charge in [0.15, 0.2) is 0 Å². The quantitative estimate of drug-likeness (QED) is 0.841. The van der Waals surface area contributed by atoms with Crippen LogP contribution in [0.3, 0.4) is 0 Å². The van der Waals surface area contributed by atoms with Gasteiger partial charge in [-0.1, -0.05) is 13.8 Å². The summed E-state index contributed by atoms with van der Waals surface area (Å²) in [5, 5.41) is 3.26. The summed E-state index contributed by atoms with van der Waals surface area (Å²) in [6.45, 7) is 4.25. The van der Waals surface area contributed by atoms with Crippen LogP contribution in [0.2, 0.25) is 0 Å². The van der Waals surface area contributed by atoms with Gasteiger partial charge in [0.25, 0.3) is 0 Å². The fourth-order valence-corrected chi connectivity index (χ4v) is 2.57. The minimum Gasteiger partial charge on any atom is -0.322 e. The van der Waals surface area contributed by atoms with Gasteiger partial charge in [-0.2, -0.15) is 11.8 Å². The molecule has 0 fully saturated rings. The molecule has 0 saturated heterocycles. The van der Waals surface area contributed by atoms with E-state index in [9.17, 15) is 0 Å². The second-order valence-electron chi connectivity index (χ2n) is 3.37. The third-order valence-corrected chi connectivity index (χ3v) is 3.51. The number of thioether (sulfide) groups is 1. The Morgan fingerprint density at radius 2 is 2.31 bits per heavy atom. The van der Waals surface area contributed by atoms with Crippen molar-refractivity contribution >= 4 is 23.1 Å². The number of nitrogens with zero attached hydrogens (tertiary/aromatic N) is 1. The van der Waals surface area contributed by atoms with E-state index in [2.05, 4.69) is 30.5 Å². The largest absolute Gasteiger partial charge is 0.322 e. The number of hydrogen-bond donors (Lipinski definition) is 1. The molecule has 0 bridgehead atoms. The predicted molar refractivity (Wildman–Crippen MR) is 61.1 cm³/mol. The summed E-state index contributed by atoms with van der Waals surface area (Å²) in [6, 6.07) is 0.0897. The molecule has 0 aliphatic rings. The van der Waals surface area contributed by atoms with Crippen molar-refractivity contribution in [3.8, 4) is 0 Å². The van der Waals surface area contributed by atoms with E-state index in [1.54, 1.807) is 23.1 Å². The molecule has 1 heterocycles. The zero-order chi connectivity index (χ0) is 9.84. The van der Waals surface area contributed by atoms with Crippen molar-refractivity contribution in [1.29, 1.82) is 0 Å². The second kappa shape index (κ2) is 4.98. The highest BCUT2D eigenvalue weighted by atomic mass is 32.2. The molecule has 1 atom stereocenters. The van der Waals surface area contributed by atoms with Crippen LogP contribution in [0.15, 0.2) is 5.38 Å². The highest BCUT2D eigenvalue weighted by Gasteiger charge is 2.13. The molecular weight excluding hydrogens is 200 g/mol. The lowest BCUT2D eigenvalue weighted by Gasteiger charge is -2.11. The third kappa shape index (κ3) is 2.97. The number of hydrogen-bond acceptors (Lipinski definition) is 4. The number of rotatable bonds is 4. The molecule has 0 spiro atoms. The molecule has 1 unspecified atom stereocenters. The van der Waals surface area contributed by atoms with Crippen molar-refractivity contribution in [1.82, 2.24) is 4.98 Å². The van der Waals surface area contributed by atoms with E-state index in [4.69, 9.17) is 5.73 Å². The number of nitrogens with two attached hydrogens (primary N) is 1. The number of aromatic nitrogens is 1.